The smallest absolute Gasteiger partial charge is 0.271 e. The molecule has 8 heteroatoms. The summed E-state index contributed by atoms with van der Waals surface area (Å²) >= 11 is 17.2. The van der Waals surface area contributed by atoms with Crippen molar-refractivity contribution in [3.05, 3.63) is 63.6 Å². The number of rotatable bonds is 5. The van der Waals surface area contributed by atoms with Gasteiger partial charge in [0, 0.05) is 17.3 Å². The van der Waals surface area contributed by atoms with E-state index in [1.165, 1.54) is 25.5 Å². The lowest BCUT2D eigenvalue weighted by atomic mass is 9.96. The largest absolute Gasteiger partial charge is 0.360 e. The Kier molecular flexibility index (Phi) is 7.86. The van der Waals surface area contributed by atoms with Gasteiger partial charge < -0.3 is 10.6 Å². The fraction of sp³-hybridized carbons (Fsp3) is 0.286. The number of nitrogens with one attached hydrogen (secondary N) is 3. The van der Waals surface area contributed by atoms with Gasteiger partial charge in [-0.3, -0.25) is 4.79 Å². The molecule has 3 rings (SSSR count). The average Bonchev–Trinajstić information content (AvgIpc) is 2.72. The predicted octanol–water partition coefficient (Wildman–Crippen LogP) is 5.38. The van der Waals surface area contributed by atoms with Crippen molar-refractivity contribution in [2.24, 2.45) is 5.10 Å². The first-order valence-corrected chi connectivity index (χ1v) is 10.6. The normalized spacial score (nSPS) is 14.6. The van der Waals surface area contributed by atoms with Gasteiger partial charge in [0.05, 0.1) is 16.3 Å². The number of halogens is 2. The SMILES string of the molecule is O=C(NN=Cc1ccc(Cl)c(Cl)c1)c1ccc(NC(=S)NC2CCCCC2)cc1. The van der Waals surface area contributed by atoms with E-state index in [9.17, 15) is 4.79 Å². The van der Waals surface area contributed by atoms with Crippen LogP contribution in [0.5, 0.6) is 0 Å². The Hall–Kier alpha value is -2.15. The van der Waals surface area contributed by atoms with Gasteiger partial charge in [-0.2, -0.15) is 5.10 Å². The quantitative estimate of drug-likeness (QED) is 0.326. The Morgan fingerprint density at radius 3 is 2.45 bits per heavy atom. The highest BCUT2D eigenvalue weighted by molar-refractivity contribution is 7.80. The number of hydrogen-bond acceptors (Lipinski definition) is 3. The first-order valence-electron chi connectivity index (χ1n) is 9.47. The molecular weight excluding hydrogens is 427 g/mol. The van der Waals surface area contributed by atoms with Crippen molar-refractivity contribution in [2.45, 2.75) is 38.1 Å². The summed E-state index contributed by atoms with van der Waals surface area (Å²) in [5.41, 5.74) is 4.55. The maximum Gasteiger partial charge on any atom is 0.271 e. The average molecular weight is 449 g/mol. The monoisotopic (exact) mass is 448 g/mol. The Morgan fingerprint density at radius 1 is 1.03 bits per heavy atom. The summed E-state index contributed by atoms with van der Waals surface area (Å²) in [6, 6.07) is 12.6. The summed E-state index contributed by atoms with van der Waals surface area (Å²) in [6.07, 6.45) is 7.62. The van der Waals surface area contributed by atoms with Crippen LogP contribution in [0.25, 0.3) is 0 Å². The minimum Gasteiger partial charge on any atom is -0.360 e. The molecule has 0 radical (unpaired) electrons. The molecule has 29 heavy (non-hydrogen) atoms. The number of benzene rings is 2. The maximum atomic E-state index is 12.2. The third-order valence-electron chi connectivity index (χ3n) is 4.67. The molecule has 1 amide bonds. The molecule has 0 unspecified atom stereocenters. The molecule has 152 valence electrons. The van der Waals surface area contributed by atoms with Crippen molar-refractivity contribution >= 4 is 58.3 Å². The van der Waals surface area contributed by atoms with Crippen LogP contribution in [0.2, 0.25) is 10.0 Å². The van der Waals surface area contributed by atoms with E-state index in [-0.39, 0.29) is 5.91 Å². The van der Waals surface area contributed by atoms with Crippen LogP contribution in [0.3, 0.4) is 0 Å². The topological polar surface area (TPSA) is 65.5 Å². The summed E-state index contributed by atoms with van der Waals surface area (Å²) in [5.74, 6) is -0.309. The molecule has 3 N–H and O–H groups in total. The molecule has 2 aromatic rings. The van der Waals surface area contributed by atoms with Gasteiger partial charge in [0.2, 0.25) is 0 Å². The zero-order valence-electron chi connectivity index (χ0n) is 15.8. The van der Waals surface area contributed by atoms with Gasteiger partial charge in [-0.25, -0.2) is 5.43 Å². The Balaban J connectivity index is 1.49. The second-order valence-electron chi connectivity index (χ2n) is 6.88. The molecule has 0 bridgehead atoms. The number of nitrogens with zero attached hydrogens (tertiary/aromatic N) is 1. The number of hydrazone groups is 1. The molecule has 1 saturated carbocycles. The van der Waals surface area contributed by atoms with E-state index in [0.717, 1.165) is 24.1 Å². The zero-order valence-corrected chi connectivity index (χ0v) is 18.1. The van der Waals surface area contributed by atoms with Crippen LogP contribution in [0.4, 0.5) is 5.69 Å². The number of carbonyl (C=O) groups is 1. The van der Waals surface area contributed by atoms with Crippen LogP contribution < -0.4 is 16.1 Å². The first-order chi connectivity index (χ1) is 14.0. The van der Waals surface area contributed by atoms with E-state index in [1.54, 1.807) is 30.3 Å². The first kappa shape index (κ1) is 21.6. The van der Waals surface area contributed by atoms with Gasteiger partial charge >= 0.3 is 0 Å². The van der Waals surface area contributed by atoms with Crippen molar-refractivity contribution in [2.75, 3.05) is 5.32 Å². The number of anilines is 1. The van der Waals surface area contributed by atoms with Gasteiger partial charge in [-0.05, 0) is 67.0 Å². The van der Waals surface area contributed by atoms with Gasteiger partial charge in [-0.15, -0.1) is 0 Å². The molecule has 0 saturated heterocycles. The molecule has 0 heterocycles. The van der Waals surface area contributed by atoms with Crippen LogP contribution >= 0.6 is 35.4 Å². The lowest BCUT2D eigenvalue weighted by Crippen LogP contribution is -2.38. The van der Waals surface area contributed by atoms with Crippen LogP contribution in [0.15, 0.2) is 47.6 Å². The molecule has 0 spiro atoms. The number of carbonyl (C=O) groups excluding carboxylic acids is 1. The van der Waals surface area contributed by atoms with E-state index in [2.05, 4.69) is 21.2 Å². The van der Waals surface area contributed by atoms with Gasteiger partial charge in [-0.1, -0.05) is 48.5 Å². The summed E-state index contributed by atoms with van der Waals surface area (Å²) in [6.45, 7) is 0. The second kappa shape index (κ2) is 10.6. The molecule has 5 nitrogen and oxygen atoms in total. The Morgan fingerprint density at radius 2 is 1.76 bits per heavy atom. The Bertz CT molecular complexity index is 896. The van der Waals surface area contributed by atoms with Crippen LogP contribution in [0.1, 0.15) is 48.0 Å². The summed E-state index contributed by atoms with van der Waals surface area (Å²) in [5, 5.41) is 12.0. The third kappa shape index (κ3) is 6.70. The van der Waals surface area contributed by atoms with Gasteiger partial charge in [0.25, 0.3) is 5.91 Å². The number of thiocarbonyl (C=S) groups is 1. The highest BCUT2D eigenvalue weighted by Crippen LogP contribution is 2.21. The lowest BCUT2D eigenvalue weighted by Gasteiger charge is -2.24. The predicted molar refractivity (Wildman–Crippen MR) is 124 cm³/mol. The maximum absolute atomic E-state index is 12.2. The van der Waals surface area contributed by atoms with Crippen molar-refractivity contribution in [1.29, 1.82) is 0 Å². The van der Waals surface area contributed by atoms with Gasteiger partial charge in [0.1, 0.15) is 0 Å². The van der Waals surface area contributed by atoms with Crippen molar-refractivity contribution in [3.8, 4) is 0 Å². The molecular formula is C21H22Cl2N4OS. The summed E-state index contributed by atoms with van der Waals surface area (Å²) in [4.78, 5) is 12.2. The van der Waals surface area contributed by atoms with Gasteiger partial charge in [0.15, 0.2) is 5.11 Å². The van der Waals surface area contributed by atoms with E-state index in [4.69, 9.17) is 35.4 Å². The standard InChI is InChI=1S/C21H22Cl2N4OS/c22-18-11-6-14(12-19(18)23)13-24-27-20(28)15-7-9-17(10-8-15)26-21(29)25-16-4-2-1-3-5-16/h6-13,16H,1-5H2,(H,27,28)(H2,25,26,29). The molecule has 1 aliphatic carbocycles. The van der Waals surface area contributed by atoms with Crippen molar-refractivity contribution < 1.29 is 4.79 Å². The third-order valence-corrected chi connectivity index (χ3v) is 5.63. The number of amides is 1. The van der Waals surface area contributed by atoms with E-state index < -0.39 is 0 Å². The van der Waals surface area contributed by atoms with Crippen molar-refractivity contribution in [3.63, 3.8) is 0 Å². The highest BCUT2D eigenvalue weighted by atomic mass is 35.5. The molecule has 1 fully saturated rings. The second-order valence-corrected chi connectivity index (χ2v) is 8.11. The fourth-order valence-electron chi connectivity index (χ4n) is 3.13. The Labute approximate surface area is 185 Å². The number of hydrogen-bond donors (Lipinski definition) is 3. The molecule has 2 aromatic carbocycles. The summed E-state index contributed by atoms with van der Waals surface area (Å²) in [7, 11) is 0. The highest BCUT2D eigenvalue weighted by Gasteiger charge is 2.14. The lowest BCUT2D eigenvalue weighted by molar-refractivity contribution is 0.0955. The minimum absolute atomic E-state index is 0.309. The van der Waals surface area contributed by atoms with E-state index in [1.807, 2.05) is 12.1 Å². The molecule has 0 aliphatic heterocycles. The summed E-state index contributed by atoms with van der Waals surface area (Å²) < 4.78 is 0. The molecule has 0 aromatic heterocycles. The fourth-order valence-corrected chi connectivity index (χ4v) is 3.72. The molecule has 1 aliphatic rings. The molecule has 0 atom stereocenters. The van der Waals surface area contributed by atoms with Crippen LogP contribution in [-0.4, -0.2) is 23.3 Å². The minimum atomic E-state index is -0.309. The van der Waals surface area contributed by atoms with E-state index >= 15 is 0 Å². The van der Waals surface area contributed by atoms with Crippen LogP contribution in [0, 0.1) is 0 Å². The van der Waals surface area contributed by atoms with Crippen molar-refractivity contribution in [1.82, 2.24) is 10.7 Å². The van der Waals surface area contributed by atoms with E-state index in [0.29, 0.717) is 26.8 Å². The zero-order chi connectivity index (χ0) is 20.6. The van der Waals surface area contributed by atoms with Crippen LogP contribution in [-0.2, 0) is 0 Å².